The third-order valence-corrected chi connectivity index (χ3v) is 3.05. The van der Waals surface area contributed by atoms with Crippen molar-refractivity contribution in [2.45, 2.75) is 40.2 Å². The molecule has 0 aliphatic heterocycles. The largest absolute Gasteiger partial charge is 0.467 e. The smallest absolute Gasteiger partial charge is 0.328 e. The zero-order valence-corrected chi connectivity index (χ0v) is 10.2. The Morgan fingerprint density at radius 3 is 2.33 bits per heavy atom. The van der Waals surface area contributed by atoms with Crippen LogP contribution in [-0.4, -0.2) is 25.5 Å². The Labute approximate surface area is 91.4 Å². The van der Waals surface area contributed by atoms with Crippen LogP contribution >= 0.6 is 0 Å². The van der Waals surface area contributed by atoms with Gasteiger partial charge in [0.05, 0.1) is 7.11 Å². The first-order valence-corrected chi connectivity index (χ1v) is 5.12. The highest BCUT2D eigenvalue weighted by Crippen LogP contribution is 2.31. The quantitative estimate of drug-likeness (QED) is 0.537. The first kappa shape index (κ1) is 13.9. The summed E-state index contributed by atoms with van der Waals surface area (Å²) in [5.41, 5.74) is -0.0190. The molecule has 1 N–H and O–H groups in total. The summed E-state index contributed by atoms with van der Waals surface area (Å²) in [6.07, 6.45) is 1.12. The van der Waals surface area contributed by atoms with Crippen molar-refractivity contribution < 1.29 is 14.3 Å². The van der Waals surface area contributed by atoms with Crippen LogP contribution in [0.4, 0.5) is 0 Å². The molecule has 0 rings (SSSR count). The van der Waals surface area contributed by atoms with Gasteiger partial charge in [-0.25, -0.2) is 4.79 Å². The number of esters is 1. The van der Waals surface area contributed by atoms with Crippen molar-refractivity contribution in [1.82, 2.24) is 5.32 Å². The summed E-state index contributed by atoms with van der Waals surface area (Å²) in [4.78, 5) is 21.7. The van der Waals surface area contributed by atoms with Gasteiger partial charge in [0.1, 0.15) is 6.04 Å². The lowest BCUT2D eigenvalue weighted by atomic mass is 9.76. The Balaban J connectivity index is 4.53. The summed E-state index contributed by atoms with van der Waals surface area (Å²) in [5.74, 6) is 0.0360. The fraction of sp³-hybridized carbons (Fsp3) is 0.818. The predicted molar refractivity (Wildman–Crippen MR) is 58.2 cm³/mol. The lowest BCUT2D eigenvalue weighted by Gasteiger charge is -2.32. The second-order valence-electron chi connectivity index (χ2n) is 4.71. The molecule has 0 aromatic heterocycles. The Morgan fingerprint density at radius 1 is 1.47 bits per heavy atom. The van der Waals surface area contributed by atoms with Crippen molar-refractivity contribution in [2.75, 3.05) is 7.11 Å². The molecule has 15 heavy (non-hydrogen) atoms. The van der Waals surface area contributed by atoms with Gasteiger partial charge >= 0.3 is 5.97 Å². The predicted octanol–water partition coefficient (Wildman–Crippen LogP) is 1.35. The number of hydrogen-bond acceptors (Lipinski definition) is 3. The van der Waals surface area contributed by atoms with Gasteiger partial charge in [-0.05, 0) is 17.8 Å². The van der Waals surface area contributed by atoms with E-state index in [0.29, 0.717) is 18.7 Å². The maximum absolute atomic E-state index is 11.4. The Bertz CT molecular complexity index is 224. The Hall–Kier alpha value is -1.06. The van der Waals surface area contributed by atoms with Gasteiger partial charge in [-0.15, -0.1) is 0 Å². The maximum Gasteiger partial charge on any atom is 0.328 e. The SMILES string of the molecule is COC(=O)C(CC(C)(C)C(C)C)NC=O. The minimum Gasteiger partial charge on any atom is -0.467 e. The summed E-state index contributed by atoms with van der Waals surface area (Å²) in [7, 11) is 1.32. The van der Waals surface area contributed by atoms with Gasteiger partial charge in [-0.3, -0.25) is 4.79 Å². The zero-order chi connectivity index (χ0) is 12.1. The van der Waals surface area contributed by atoms with E-state index < -0.39 is 12.0 Å². The zero-order valence-electron chi connectivity index (χ0n) is 10.2. The van der Waals surface area contributed by atoms with Crippen LogP contribution in [0.3, 0.4) is 0 Å². The van der Waals surface area contributed by atoms with Gasteiger partial charge in [-0.1, -0.05) is 27.7 Å². The van der Waals surface area contributed by atoms with Crippen molar-refractivity contribution >= 4 is 12.4 Å². The lowest BCUT2D eigenvalue weighted by Crippen LogP contribution is -2.41. The molecule has 0 saturated carbocycles. The number of amides is 1. The van der Waals surface area contributed by atoms with E-state index in [1.54, 1.807) is 0 Å². The van der Waals surface area contributed by atoms with Gasteiger partial charge in [0.25, 0.3) is 0 Å². The van der Waals surface area contributed by atoms with E-state index >= 15 is 0 Å². The third kappa shape index (κ3) is 4.32. The van der Waals surface area contributed by atoms with Crippen molar-refractivity contribution in [2.24, 2.45) is 11.3 Å². The molecule has 0 saturated heterocycles. The van der Waals surface area contributed by atoms with E-state index in [2.05, 4.69) is 37.7 Å². The van der Waals surface area contributed by atoms with Crippen LogP contribution in [0.25, 0.3) is 0 Å². The number of nitrogens with one attached hydrogen (secondary N) is 1. The second kappa shape index (κ2) is 5.73. The van der Waals surface area contributed by atoms with E-state index in [1.165, 1.54) is 7.11 Å². The van der Waals surface area contributed by atoms with Crippen LogP contribution in [0.1, 0.15) is 34.1 Å². The molecule has 0 aromatic rings. The molecule has 4 nitrogen and oxygen atoms in total. The van der Waals surface area contributed by atoms with Gasteiger partial charge in [0, 0.05) is 0 Å². The third-order valence-electron chi connectivity index (χ3n) is 3.05. The molecule has 0 aliphatic rings. The average molecular weight is 215 g/mol. The topological polar surface area (TPSA) is 55.4 Å². The van der Waals surface area contributed by atoms with Gasteiger partial charge in [-0.2, -0.15) is 0 Å². The molecule has 0 spiro atoms. The first-order valence-electron chi connectivity index (χ1n) is 5.12. The second-order valence-corrected chi connectivity index (χ2v) is 4.71. The summed E-state index contributed by atoms with van der Waals surface area (Å²) in [6.45, 7) is 8.32. The first-order chi connectivity index (χ1) is 6.85. The average Bonchev–Trinajstić information content (AvgIpc) is 2.15. The van der Waals surface area contributed by atoms with Crippen LogP contribution in [0, 0.1) is 11.3 Å². The van der Waals surface area contributed by atoms with E-state index in [-0.39, 0.29) is 5.41 Å². The molecule has 1 atom stereocenters. The Kier molecular flexibility index (Phi) is 5.33. The summed E-state index contributed by atoms with van der Waals surface area (Å²) in [6, 6.07) is -0.551. The summed E-state index contributed by atoms with van der Waals surface area (Å²) < 4.78 is 4.63. The number of rotatable bonds is 6. The van der Waals surface area contributed by atoms with E-state index in [0.717, 1.165) is 0 Å². The van der Waals surface area contributed by atoms with Crippen LogP contribution in [0.15, 0.2) is 0 Å². The Morgan fingerprint density at radius 2 is 2.00 bits per heavy atom. The van der Waals surface area contributed by atoms with E-state index in [1.807, 2.05) is 0 Å². The van der Waals surface area contributed by atoms with Gasteiger partial charge < -0.3 is 10.1 Å². The molecular formula is C11H21NO3. The number of hydrogen-bond donors (Lipinski definition) is 1. The fourth-order valence-electron chi connectivity index (χ4n) is 1.20. The monoisotopic (exact) mass is 215 g/mol. The molecule has 1 amide bonds. The van der Waals surface area contributed by atoms with Crippen molar-refractivity contribution in [1.29, 1.82) is 0 Å². The summed E-state index contributed by atoms with van der Waals surface area (Å²) >= 11 is 0. The molecular weight excluding hydrogens is 194 g/mol. The van der Waals surface area contributed by atoms with Gasteiger partial charge in [0.2, 0.25) is 6.41 Å². The van der Waals surface area contributed by atoms with Crippen molar-refractivity contribution in [3.05, 3.63) is 0 Å². The van der Waals surface area contributed by atoms with Crippen LogP contribution < -0.4 is 5.32 Å². The molecule has 4 heteroatoms. The van der Waals surface area contributed by atoms with Crippen LogP contribution in [0.2, 0.25) is 0 Å². The minimum atomic E-state index is -0.551. The van der Waals surface area contributed by atoms with E-state index in [4.69, 9.17) is 0 Å². The van der Waals surface area contributed by atoms with Gasteiger partial charge in [0.15, 0.2) is 0 Å². The normalized spacial score (nSPS) is 13.5. The van der Waals surface area contributed by atoms with Crippen LogP contribution in [0.5, 0.6) is 0 Å². The molecule has 0 aromatic carbocycles. The number of carbonyl (C=O) groups excluding carboxylic acids is 2. The van der Waals surface area contributed by atoms with Crippen LogP contribution in [-0.2, 0) is 14.3 Å². The number of carbonyl (C=O) groups is 2. The molecule has 0 fully saturated rings. The standard InChI is InChI=1S/C11H21NO3/c1-8(2)11(3,4)6-9(12-7-13)10(14)15-5/h7-9H,6H2,1-5H3,(H,12,13). The van der Waals surface area contributed by atoms with Crippen molar-refractivity contribution in [3.63, 3.8) is 0 Å². The fourth-order valence-corrected chi connectivity index (χ4v) is 1.20. The lowest BCUT2D eigenvalue weighted by molar-refractivity contribution is -0.145. The number of methoxy groups -OCH3 is 1. The minimum absolute atomic E-state index is 0.0190. The molecule has 1 unspecified atom stereocenters. The van der Waals surface area contributed by atoms with E-state index in [9.17, 15) is 9.59 Å². The van der Waals surface area contributed by atoms with Crippen molar-refractivity contribution in [3.8, 4) is 0 Å². The molecule has 88 valence electrons. The number of ether oxygens (including phenoxy) is 1. The highest BCUT2D eigenvalue weighted by Gasteiger charge is 2.30. The summed E-state index contributed by atoms with van der Waals surface area (Å²) in [5, 5.41) is 2.49. The highest BCUT2D eigenvalue weighted by atomic mass is 16.5. The molecule has 0 radical (unpaired) electrons. The highest BCUT2D eigenvalue weighted by molar-refractivity contribution is 5.78. The maximum atomic E-state index is 11.4. The molecule has 0 bridgehead atoms. The molecule has 0 aliphatic carbocycles. The molecule has 0 heterocycles.